The number of rotatable bonds is 5. The van der Waals surface area contributed by atoms with Gasteiger partial charge in [-0.05, 0) is 36.3 Å². The van der Waals surface area contributed by atoms with Crippen LogP contribution in [0.2, 0.25) is 0 Å². The zero-order valence-corrected chi connectivity index (χ0v) is 15.7. The summed E-state index contributed by atoms with van der Waals surface area (Å²) in [6.07, 6.45) is 13.8. The van der Waals surface area contributed by atoms with E-state index in [1.807, 2.05) is 55.6 Å². The van der Waals surface area contributed by atoms with Crippen LogP contribution in [0.4, 0.5) is 17.1 Å². The third kappa shape index (κ3) is 3.70. The van der Waals surface area contributed by atoms with Crippen LogP contribution in [-0.2, 0) is 0 Å². The first-order valence-corrected chi connectivity index (χ1v) is 8.92. The Bertz CT molecular complexity index is 959. The second-order valence-electron chi connectivity index (χ2n) is 6.19. The van der Waals surface area contributed by atoms with Crippen molar-refractivity contribution in [3.05, 3.63) is 116 Å². The molecule has 3 rings (SSSR count). The SMILES string of the molecule is C=CC(=C)c1ccc2c(c1N(/C=C\C)c1ccccc1)N/C=C\C=C/C2=C. The standard InChI is InChI=1S/C25H24N2/c1-5-18-27(21-13-8-7-9-14-21)25-23(19(3)6-2)16-15-22-20(4)12-10-11-17-26-24(22)25/h5-18,26H,2-4H2,1H3/b12-10-,17-11-,18-5-. The van der Waals surface area contributed by atoms with Gasteiger partial charge in [0, 0.05) is 29.2 Å². The van der Waals surface area contributed by atoms with E-state index in [9.17, 15) is 0 Å². The quantitative estimate of drug-likeness (QED) is 0.579. The minimum absolute atomic E-state index is 0.868. The lowest BCUT2D eigenvalue weighted by Crippen LogP contribution is -2.14. The van der Waals surface area contributed by atoms with E-state index >= 15 is 0 Å². The highest BCUT2D eigenvalue weighted by molar-refractivity contribution is 5.98. The molecule has 1 heterocycles. The molecule has 0 bridgehead atoms. The van der Waals surface area contributed by atoms with Crippen molar-refractivity contribution in [2.24, 2.45) is 0 Å². The van der Waals surface area contributed by atoms with Crippen molar-refractivity contribution in [2.75, 3.05) is 10.2 Å². The van der Waals surface area contributed by atoms with E-state index in [2.05, 4.69) is 60.4 Å². The second-order valence-corrected chi connectivity index (χ2v) is 6.19. The second kappa shape index (κ2) is 8.24. The summed E-state index contributed by atoms with van der Waals surface area (Å²) in [5, 5.41) is 3.45. The Kier molecular flexibility index (Phi) is 5.58. The lowest BCUT2D eigenvalue weighted by Gasteiger charge is -2.29. The van der Waals surface area contributed by atoms with Crippen LogP contribution in [0.5, 0.6) is 0 Å². The molecule has 2 aromatic rings. The smallest absolute Gasteiger partial charge is 0.0776 e. The summed E-state index contributed by atoms with van der Waals surface area (Å²) in [6, 6.07) is 14.4. The number of nitrogens with zero attached hydrogens (tertiary/aromatic N) is 1. The topological polar surface area (TPSA) is 15.3 Å². The summed E-state index contributed by atoms with van der Waals surface area (Å²) < 4.78 is 0. The van der Waals surface area contributed by atoms with Gasteiger partial charge < -0.3 is 10.2 Å². The third-order valence-corrected chi connectivity index (χ3v) is 4.42. The van der Waals surface area contributed by atoms with Gasteiger partial charge in [0.2, 0.25) is 0 Å². The van der Waals surface area contributed by atoms with Crippen LogP contribution < -0.4 is 10.2 Å². The number of para-hydroxylation sites is 1. The highest BCUT2D eigenvalue weighted by atomic mass is 15.1. The lowest BCUT2D eigenvalue weighted by molar-refractivity contribution is 1.26. The molecule has 2 nitrogen and oxygen atoms in total. The summed E-state index contributed by atoms with van der Waals surface area (Å²) in [7, 11) is 0. The maximum absolute atomic E-state index is 4.23. The van der Waals surface area contributed by atoms with Crippen molar-refractivity contribution < 1.29 is 0 Å². The normalized spacial score (nSPS) is 15.2. The predicted octanol–water partition coefficient (Wildman–Crippen LogP) is 7.07. The van der Waals surface area contributed by atoms with Crippen LogP contribution in [0.3, 0.4) is 0 Å². The van der Waals surface area contributed by atoms with E-state index in [0.29, 0.717) is 0 Å². The number of benzene rings is 2. The molecule has 0 spiro atoms. The molecular weight excluding hydrogens is 328 g/mol. The summed E-state index contributed by atoms with van der Waals surface area (Å²) in [6.45, 7) is 14.4. The average Bonchev–Trinajstić information content (AvgIpc) is 2.69. The van der Waals surface area contributed by atoms with Crippen LogP contribution in [0, 0.1) is 0 Å². The summed E-state index contributed by atoms with van der Waals surface area (Å²) in [5.41, 5.74) is 6.96. The van der Waals surface area contributed by atoms with E-state index in [1.54, 1.807) is 6.08 Å². The zero-order valence-electron chi connectivity index (χ0n) is 15.7. The molecule has 0 saturated carbocycles. The van der Waals surface area contributed by atoms with Crippen LogP contribution in [0.15, 0.2) is 105 Å². The number of allylic oxidation sites excluding steroid dienone is 7. The van der Waals surface area contributed by atoms with Gasteiger partial charge in [0.1, 0.15) is 0 Å². The summed E-state index contributed by atoms with van der Waals surface area (Å²) in [4.78, 5) is 2.17. The first-order chi connectivity index (χ1) is 13.2. The Balaban J connectivity index is 2.35. The van der Waals surface area contributed by atoms with E-state index < -0.39 is 0 Å². The molecular formula is C25H24N2. The van der Waals surface area contributed by atoms with Gasteiger partial charge in [0.15, 0.2) is 0 Å². The fraction of sp³-hybridized carbons (Fsp3) is 0.0400. The molecule has 0 saturated heterocycles. The summed E-state index contributed by atoms with van der Waals surface area (Å²) >= 11 is 0. The van der Waals surface area contributed by atoms with E-state index in [0.717, 1.165) is 39.3 Å². The Morgan fingerprint density at radius 1 is 1.07 bits per heavy atom. The van der Waals surface area contributed by atoms with Gasteiger partial charge in [-0.25, -0.2) is 0 Å². The molecule has 1 N–H and O–H groups in total. The molecule has 0 fully saturated rings. The van der Waals surface area contributed by atoms with Crippen LogP contribution in [0.1, 0.15) is 18.1 Å². The van der Waals surface area contributed by atoms with E-state index in [4.69, 9.17) is 0 Å². The minimum Gasteiger partial charge on any atom is -0.359 e. The van der Waals surface area contributed by atoms with Gasteiger partial charge >= 0.3 is 0 Å². The fourth-order valence-electron chi connectivity index (χ4n) is 3.10. The highest BCUT2D eigenvalue weighted by Gasteiger charge is 2.20. The molecule has 1 aliphatic heterocycles. The monoisotopic (exact) mass is 352 g/mol. The molecule has 2 heteroatoms. The molecule has 0 radical (unpaired) electrons. The van der Waals surface area contributed by atoms with Crippen molar-refractivity contribution in [3.63, 3.8) is 0 Å². The van der Waals surface area contributed by atoms with Crippen molar-refractivity contribution in [1.29, 1.82) is 0 Å². The first kappa shape index (κ1) is 18.3. The molecule has 0 aliphatic carbocycles. The van der Waals surface area contributed by atoms with E-state index in [1.165, 1.54) is 0 Å². The van der Waals surface area contributed by atoms with Crippen LogP contribution in [-0.4, -0.2) is 0 Å². The highest BCUT2D eigenvalue weighted by Crippen LogP contribution is 2.43. The summed E-state index contributed by atoms with van der Waals surface area (Å²) in [5.74, 6) is 0. The number of anilines is 3. The molecule has 0 atom stereocenters. The van der Waals surface area contributed by atoms with Crippen molar-refractivity contribution in [1.82, 2.24) is 0 Å². The van der Waals surface area contributed by atoms with Gasteiger partial charge in [-0.1, -0.05) is 74.4 Å². The van der Waals surface area contributed by atoms with Gasteiger partial charge in [0.05, 0.1) is 11.4 Å². The number of nitrogens with one attached hydrogen (secondary N) is 1. The van der Waals surface area contributed by atoms with Gasteiger partial charge in [-0.15, -0.1) is 0 Å². The minimum atomic E-state index is 0.868. The molecule has 134 valence electrons. The Hall–Kier alpha value is -3.52. The molecule has 27 heavy (non-hydrogen) atoms. The maximum atomic E-state index is 4.23. The van der Waals surface area contributed by atoms with Crippen molar-refractivity contribution in [3.8, 4) is 0 Å². The number of hydrogen-bond donors (Lipinski definition) is 1. The number of fused-ring (bicyclic) bond motifs is 1. The van der Waals surface area contributed by atoms with Crippen LogP contribution >= 0.6 is 0 Å². The average molecular weight is 352 g/mol. The van der Waals surface area contributed by atoms with Gasteiger partial charge in [-0.2, -0.15) is 0 Å². The Labute approximate surface area is 161 Å². The first-order valence-electron chi connectivity index (χ1n) is 8.92. The number of hydrogen-bond acceptors (Lipinski definition) is 2. The van der Waals surface area contributed by atoms with E-state index in [-0.39, 0.29) is 0 Å². The van der Waals surface area contributed by atoms with Gasteiger partial charge in [0.25, 0.3) is 0 Å². The fourth-order valence-corrected chi connectivity index (χ4v) is 3.10. The lowest BCUT2D eigenvalue weighted by atomic mass is 9.95. The molecule has 1 aliphatic rings. The van der Waals surface area contributed by atoms with Crippen LogP contribution in [0.25, 0.3) is 11.1 Å². The maximum Gasteiger partial charge on any atom is 0.0776 e. The molecule has 0 amide bonds. The predicted molar refractivity (Wildman–Crippen MR) is 120 cm³/mol. The largest absolute Gasteiger partial charge is 0.359 e. The molecule has 0 aromatic heterocycles. The van der Waals surface area contributed by atoms with Crippen molar-refractivity contribution in [2.45, 2.75) is 6.92 Å². The Morgan fingerprint density at radius 3 is 2.56 bits per heavy atom. The zero-order chi connectivity index (χ0) is 19.2. The molecule has 0 unspecified atom stereocenters. The third-order valence-electron chi connectivity index (χ3n) is 4.42. The Morgan fingerprint density at radius 2 is 1.85 bits per heavy atom. The molecule has 2 aromatic carbocycles. The van der Waals surface area contributed by atoms with Crippen molar-refractivity contribution >= 4 is 28.2 Å². The van der Waals surface area contributed by atoms with Gasteiger partial charge in [-0.3, -0.25) is 0 Å².